The Balaban J connectivity index is 3.39. The monoisotopic (exact) mass is 166 g/mol. The van der Waals surface area contributed by atoms with Gasteiger partial charge in [0.1, 0.15) is 5.82 Å². The van der Waals surface area contributed by atoms with Gasteiger partial charge in [-0.2, -0.15) is 0 Å². The molecule has 0 unspecified atom stereocenters. The average Bonchev–Trinajstić information content (AvgIpc) is 2.08. The molecule has 0 aliphatic carbocycles. The number of nitrogens with one attached hydrogen (secondary N) is 1. The first kappa shape index (κ1) is 8.64. The summed E-state index contributed by atoms with van der Waals surface area (Å²) in [6, 6.07) is 0. The van der Waals surface area contributed by atoms with Crippen LogP contribution >= 0.6 is 0 Å². The van der Waals surface area contributed by atoms with Crippen LogP contribution in [0.1, 0.15) is 11.3 Å². The van der Waals surface area contributed by atoms with Crippen molar-refractivity contribution in [2.45, 2.75) is 13.8 Å². The van der Waals surface area contributed by atoms with E-state index in [0.717, 1.165) is 11.3 Å². The lowest BCUT2D eigenvalue weighted by Gasteiger charge is -2.11. The van der Waals surface area contributed by atoms with E-state index in [1.54, 1.807) is 7.05 Å². The van der Waals surface area contributed by atoms with Crippen molar-refractivity contribution in [2.24, 2.45) is 0 Å². The number of nitrogens with two attached hydrogens (primary N) is 2. The summed E-state index contributed by atoms with van der Waals surface area (Å²) < 4.78 is 0. The zero-order valence-electron chi connectivity index (χ0n) is 7.60. The van der Waals surface area contributed by atoms with Gasteiger partial charge < -0.3 is 16.8 Å². The van der Waals surface area contributed by atoms with Gasteiger partial charge in [-0.25, -0.2) is 4.98 Å². The van der Waals surface area contributed by atoms with Crippen molar-refractivity contribution in [1.29, 1.82) is 0 Å². The summed E-state index contributed by atoms with van der Waals surface area (Å²) in [7, 11) is 1.79. The summed E-state index contributed by atoms with van der Waals surface area (Å²) in [6.07, 6.45) is 0. The predicted octanol–water partition coefficient (Wildman–Crippen LogP) is 0.905. The first-order valence-electron chi connectivity index (χ1n) is 3.77. The predicted molar refractivity (Wildman–Crippen MR) is 52.1 cm³/mol. The highest BCUT2D eigenvalue weighted by Gasteiger charge is 2.07. The van der Waals surface area contributed by atoms with E-state index in [9.17, 15) is 0 Å². The fourth-order valence-corrected chi connectivity index (χ4v) is 1.07. The van der Waals surface area contributed by atoms with Gasteiger partial charge in [0.05, 0.1) is 17.1 Å². The molecule has 0 radical (unpaired) electrons. The van der Waals surface area contributed by atoms with Crippen LogP contribution in [0.25, 0.3) is 0 Å². The van der Waals surface area contributed by atoms with Gasteiger partial charge in [-0.1, -0.05) is 0 Å². The second-order valence-electron chi connectivity index (χ2n) is 2.75. The molecule has 0 aliphatic rings. The molecule has 0 spiro atoms. The number of nitrogen functional groups attached to an aromatic ring is 2. The Labute approximate surface area is 72.0 Å². The second kappa shape index (κ2) is 2.89. The summed E-state index contributed by atoms with van der Waals surface area (Å²) in [5, 5.41) is 2.91. The summed E-state index contributed by atoms with van der Waals surface area (Å²) in [5.41, 5.74) is 14.5. The molecule has 0 atom stereocenters. The smallest absolute Gasteiger partial charge is 0.149 e. The molecule has 0 aliphatic heterocycles. The molecule has 0 bridgehead atoms. The standard InChI is InChI=1S/C8H14N4/c1-4-6(9)5(2)12-8(11-3)7(4)10/h9-10H2,1-3H3,(H,11,12). The van der Waals surface area contributed by atoms with Crippen LogP contribution < -0.4 is 16.8 Å². The van der Waals surface area contributed by atoms with Crippen LogP contribution in [-0.2, 0) is 0 Å². The maximum Gasteiger partial charge on any atom is 0.149 e. The molecule has 1 aromatic rings. The Kier molecular flexibility index (Phi) is 2.08. The molecule has 0 saturated heterocycles. The molecule has 12 heavy (non-hydrogen) atoms. The number of hydrogen-bond donors (Lipinski definition) is 3. The van der Waals surface area contributed by atoms with E-state index >= 15 is 0 Å². The highest BCUT2D eigenvalue weighted by Crippen LogP contribution is 2.26. The van der Waals surface area contributed by atoms with Crippen molar-refractivity contribution in [3.63, 3.8) is 0 Å². The molecule has 0 aromatic carbocycles. The van der Waals surface area contributed by atoms with Crippen molar-refractivity contribution in [3.05, 3.63) is 11.3 Å². The largest absolute Gasteiger partial charge is 0.397 e. The zero-order valence-corrected chi connectivity index (χ0v) is 7.60. The number of pyridine rings is 1. The van der Waals surface area contributed by atoms with Crippen LogP contribution in [0.5, 0.6) is 0 Å². The molecule has 5 N–H and O–H groups in total. The van der Waals surface area contributed by atoms with Crippen LogP contribution in [0, 0.1) is 13.8 Å². The van der Waals surface area contributed by atoms with Crippen molar-refractivity contribution >= 4 is 17.2 Å². The third kappa shape index (κ3) is 1.15. The van der Waals surface area contributed by atoms with Gasteiger partial charge in [-0.05, 0) is 13.8 Å². The highest BCUT2D eigenvalue weighted by atomic mass is 15.0. The SMILES string of the molecule is CNc1nc(C)c(N)c(C)c1N. The number of aromatic nitrogens is 1. The van der Waals surface area contributed by atoms with Gasteiger partial charge >= 0.3 is 0 Å². The van der Waals surface area contributed by atoms with Crippen LogP contribution in [0.15, 0.2) is 0 Å². The fraction of sp³-hybridized carbons (Fsp3) is 0.375. The van der Waals surface area contributed by atoms with Crippen LogP contribution in [0.4, 0.5) is 17.2 Å². The Bertz CT molecular complexity index is 306. The Morgan fingerprint density at radius 1 is 1.17 bits per heavy atom. The van der Waals surface area contributed by atoms with Crippen molar-refractivity contribution < 1.29 is 0 Å². The van der Waals surface area contributed by atoms with E-state index in [1.807, 2.05) is 13.8 Å². The van der Waals surface area contributed by atoms with Crippen molar-refractivity contribution in [1.82, 2.24) is 4.98 Å². The molecule has 0 fully saturated rings. The van der Waals surface area contributed by atoms with Crippen LogP contribution in [0.2, 0.25) is 0 Å². The molecule has 66 valence electrons. The highest BCUT2D eigenvalue weighted by molar-refractivity contribution is 5.73. The Morgan fingerprint density at radius 3 is 2.25 bits per heavy atom. The quantitative estimate of drug-likeness (QED) is 0.579. The van der Waals surface area contributed by atoms with E-state index in [-0.39, 0.29) is 0 Å². The number of aryl methyl sites for hydroxylation is 1. The fourth-order valence-electron chi connectivity index (χ4n) is 1.07. The topological polar surface area (TPSA) is 77.0 Å². The lowest BCUT2D eigenvalue weighted by molar-refractivity contribution is 1.18. The van der Waals surface area contributed by atoms with Gasteiger partial charge in [0.25, 0.3) is 0 Å². The normalized spacial score (nSPS) is 9.92. The van der Waals surface area contributed by atoms with Crippen molar-refractivity contribution in [3.8, 4) is 0 Å². The molecule has 4 nitrogen and oxygen atoms in total. The van der Waals surface area contributed by atoms with E-state index in [1.165, 1.54) is 0 Å². The molecule has 4 heteroatoms. The van der Waals surface area contributed by atoms with Gasteiger partial charge in [-0.3, -0.25) is 0 Å². The molecule has 1 aromatic heterocycles. The van der Waals surface area contributed by atoms with Gasteiger partial charge in [0, 0.05) is 12.6 Å². The van der Waals surface area contributed by atoms with E-state index in [4.69, 9.17) is 11.5 Å². The first-order valence-corrected chi connectivity index (χ1v) is 3.77. The lowest BCUT2D eigenvalue weighted by atomic mass is 10.1. The molecule has 0 amide bonds. The minimum absolute atomic E-state index is 0.626. The molecule has 1 rings (SSSR count). The maximum atomic E-state index is 5.76. The van der Waals surface area contributed by atoms with Crippen molar-refractivity contribution in [2.75, 3.05) is 23.8 Å². The van der Waals surface area contributed by atoms with E-state index in [2.05, 4.69) is 10.3 Å². The number of hydrogen-bond acceptors (Lipinski definition) is 4. The van der Waals surface area contributed by atoms with Gasteiger partial charge in [0.15, 0.2) is 0 Å². The van der Waals surface area contributed by atoms with Gasteiger partial charge in [0.2, 0.25) is 0 Å². The number of nitrogens with zero attached hydrogens (tertiary/aromatic N) is 1. The third-order valence-electron chi connectivity index (χ3n) is 1.97. The summed E-state index contributed by atoms with van der Waals surface area (Å²) in [4.78, 5) is 4.19. The minimum atomic E-state index is 0.626. The number of rotatable bonds is 1. The van der Waals surface area contributed by atoms with E-state index in [0.29, 0.717) is 17.2 Å². The second-order valence-corrected chi connectivity index (χ2v) is 2.75. The van der Waals surface area contributed by atoms with Crippen LogP contribution in [-0.4, -0.2) is 12.0 Å². The minimum Gasteiger partial charge on any atom is -0.397 e. The summed E-state index contributed by atoms with van der Waals surface area (Å²) in [5.74, 6) is 0.694. The molecule has 0 saturated carbocycles. The van der Waals surface area contributed by atoms with Crippen LogP contribution in [0.3, 0.4) is 0 Å². The first-order chi connectivity index (χ1) is 5.57. The zero-order chi connectivity index (χ0) is 9.30. The number of anilines is 3. The van der Waals surface area contributed by atoms with Gasteiger partial charge in [-0.15, -0.1) is 0 Å². The Morgan fingerprint density at radius 2 is 1.75 bits per heavy atom. The molecular weight excluding hydrogens is 152 g/mol. The van der Waals surface area contributed by atoms with E-state index < -0.39 is 0 Å². The molecule has 1 heterocycles. The average molecular weight is 166 g/mol. The third-order valence-corrected chi connectivity index (χ3v) is 1.97. The maximum absolute atomic E-state index is 5.76. The summed E-state index contributed by atoms with van der Waals surface area (Å²) in [6.45, 7) is 3.75. The molecular formula is C8H14N4. The summed E-state index contributed by atoms with van der Waals surface area (Å²) >= 11 is 0. The Hall–Kier alpha value is -1.45. The lowest BCUT2D eigenvalue weighted by Crippen LogP contribution is -2.06.